The normalized spacial score (nSPS) is 30.6. The molecule has 4 unspecified atom stereocenters. The number of para-hydroxylation sites is 1. The van der Waals surface area contributed by atoms with E-state index in [9.17, 15) is 23.4 Å². The van der Waals surface area contributed by atoms with Gasteiger partial charge in [-0.1, -0.05) is 50.2 Å². The molecule has 5 rings (SSSR count). The number of hydrogen-bond acceptors (Lipinski definition) is 10. The molecule has 3 aromatic rings. The number of esters is 1. The molecule has 0 heterocycles. The number of hydrogen-bond donors (Lipinski definition) is 4. The molecule has 0 bridgehead atoms. The van der Waals surface area contributed by atoms with Crippen LogP contribution in [0.4, 0.5) is 11.4 Å². The molecule has 2 aliphatic rings. The van der Waals surface area contributed by atoms with Gasteiger partial charge in [0.2, 0.25) is 0 Å². The second-order valence-electron chi connectivity index (χ2n) is 15.9. The van der Waals surface area contributed by atoms with Gasteiger partial charge in [-0.3, -0.25) is 4.72 Å². The van der Waals surface area contributed by atoms with Gasteiger partial charge in [0, 0.05) is 57.2 Å². The van der Waals surface area contributed by atoms with Crippen molar-refractivity contribution in [1.82, 2.24) is 0 Å². The minimum absolute atomic E-state index is 0.0505. The molecule has 12 heteroatoms. The summed E-state index contributed by atoms with van der Waals surface area (Å²) in [6.45, 7) is 9.68. The number of fused-ring (bicyclic) bond motifs is 2. The van der Waals surface area contributed by atoms with Gasteiger partial charge in [-0.25, -0.2) is 13.2 Å². The van der Waals surface area contributed by atoms with Gasteiger partial charge in [0.05, 0.1) is 28.4 Å². The van der Waals surface area contributed by atoms with Gasteiger partial charge < -0.3 is 35.1 Å². The Labute approximate surface area is 315 Å². The molecule has 0 amide bonds. The first kappa shape index (κ1) is 40.9. The lowest BCUT2D eigenvalue weighted by molar-refractivity contribution is -0.250. The number of methoxy groups -OCH3 is 2. The van der Waals surface area contributed by atoms with Crippen molar-refractivity contribution in [3.63, 3.8) is 0 Å². The fourth-order valence-electron chi connectivity index (χ4n) is 9.68. The van der Waals surface area contributed by atoms with Gasteiger partial charge in [-0.15, -0.1) is 0 Å². The topological polar surface area (TPSA) is 161 Å². The molecule has 2 saturated carbocycles. The first-order chi connectivity index (χ1) is 24.9. The minimum atomic E-state index is -4.14. The Hall–Kier alpha value is -3.26. The SMILES string of the molecule is CO[C@H](C)C[C@]1(O)C(C[C@@H](C)N)CC([C@H](C)OC(=O)c2ccccc2NS(=O)(=O)c2cccc3c(N(C)C)cccc23)C(C)C2C[C@H](C)[C@H](OC)[C@@]21O. The number of sulfonamides is 1. The number of anilines is 2. The number of carbonyl (C=O) groups excluding carboxylic acids is 1. The second kappa shape index (κ2) is 15.8. The number of rotatable bonds is 13. The third kappa shape index (κ3) is 7.55. The van der Waals surface area contributed by atoms with Crippen LogP contribution >= 0.6 is 0 Å². The summed E-state index contributed by atoms with van der Waals surface area (Å²) in [7, 11) is 2.83. The number of nitrogens with one attached hydrogen (secondary N) is 1. The van der Waals surface area contributed by atoms with Crippen molar-refractivity contribution >= 4 is 38.1 Å². The molecule has 5 N–H and O–H groups in total. The molecule has 0 aliphatic heterocycles. The maximum Gasteiger partial charge on any atom is 0.340 e. The molecule has 11 nitrogen and oxygen atoms in total. The van der Waals surface area contributed by atoms with E-state index in [1.807, 2.05) is 64.9 Å². The Kier molecular flexibility index (Phi) is 12.2. The fraction of sp³-hybridized carbons (Fsp3) is 0.585. The van der Waals surface area contributed by atoms with Crippen LogP contribution in [0.1, 0.15) is 70.7 Å². The molecule has 53 heavy (non-hydrogen) atoms. The summed E-state index contributed by atoms with van der Waals surface area (Å²) < 4.78 is 48.5. The molecule has 292 valence electrons. The van der Waals surface area contributed by atoms with Crippen molar-refractivity contribution in [1.29, 1.82) is 0 Å². The Morgan fingerprint density at radius 3 is 2.28 bits per heavy atom. The van der Waals surface area contributed by atoms with E-state index >= 15 is 0 Å². The van der Waals surface area contributed by atoms with E-state index in [1.54, 1.807) is 56.7 Å². The van der Waals surface area contributed by atoms with Crippen LogP contribution in [0.3, 0.4) is 0 Å². The van der Waals surface area contributed by atoms with Crippen LogP contribution in [0.25, 0.3) is 10.8 Å². The lowest BCUT2D eigenvalue weighted by Gasteiger charge is -2.52. The summed E-state index contributed by atoms with van der Waals surface area (Å²) in [5.74, 6) is -2.06. The summed E-state index contributed by atoms with van der Waals surface area (Å²) >= 11 is 0. The molecular formula is C41H59N3O8S. The third-order valence-electron chi connectivity index (χ3n) is 12.2. The first-order valence-corrected chi connectivity index (χ1v) is 20.2. The number of nitrogens with zero attached hydrogens (tertiary/aromatic N) is 1. The van der Waals surface area contributed by atoms with E-state index in [0.717, 1.165) is 11.1 Å². The van der Waals surface area contributed by atoms with Crippen LogP contribution < -0.4 is 15.4 Å². The monoisotopic (exact) mass is 753 g/mol. The molecule has 3 aromatic carbocycles. The highest BCUT2D eigenvalue weighted by Crippen LogP contribution is 2.60. The van der Waals surface area contributed by atoms with E-state index < -0.39 is 45.3 Å². The van der Waals surface area contributed by atoms with Crippen LogP contribution in [-0.2, 0) is 24.2 Å². The third-order valence-corrected chi connectivity index (χ3v) is 13.6. The average molecular weight is 754 g/mol. The maximum atomic E-state index is 14.1. The molecule has 2 aliphatic carbocycles. The first-order valence-electron chi connectivity index (χ1n) is 18.7. The van der Waals surface area contributed by atoms with Crippen molar-refractivity contribution in [3.05, 3.63) is 66.2 Å². The Morgan fingerprint density at radius 1 is 0.981 bits per heavy atom. The fourth-order valence-corrected chi connectivity index (χ4v) is 11.0. The Bertz CT molecular complexity index is 1870. The smallest absolute Gasteiger partial charge is 0.340 e. The largest absolute Gasteiger partial charge is 0.459 e. The van der Waals surface area contributed by atoms with Crippen molar-refractivity contribution in [3.8, 4) is 0 Å². The highest BCUT2D eigenvalue weighted by atomic mass is 32.2. The summed E-state index contributed by atoms with van der Waals surface area (Å²) in [6, 6.07) is 16.8. The van der Waals surface area contributed by atoms with Crippen LogP contribution in [0.2, 0.25) is 0 Å². The van der Waals surface area contributed by atoms with Crippen LogP contribution in [-0.4, -0.2) is 88.5 Å². The number of carbonyl (C=O) groups is 1. The zero-order valence-electron chi connectivity index (χ0n) is 32.6. The lowest BCUT2D eigenvalue weighted by atomic mass is 9.64. The van der Waals surface area contributed by atoms with Gasteiger partial charge in [-0.05, 0) is 93.9 Å². The summed E-state index contributed by atoms with van der Waals surface area (Å²) in [5, 5.41) is 27.1. The number of benzene rings is 3. The Morgan fingerprint density at radius 2 is 1.64 bits per heavy atom. The van der Waals surface area contributed by atoms with E-state index in [2.05, 4.69) is 11.6 Å². The van der Waals surface area contributed by atoms with Crippen molar-refractivity contribution in [2.45, 2.75) is 101 Å². The highest BCUT2D eigenvalue weighted by Gasteiger charge is 2.69. The molecule has 11 atom stereocenters. The van der Waals surface area contributed by atoms with Gasteiger partial charge in [-0.2, -0.15) is 0 Å². The summed E-state index contributed by atoms with van der Waals surface area (Å²) in [5.41, 5.74) is 4.22. The number of nitrogens with two attached hydrogens (primary N) is 1. The standard InChI is InChI=1S/C41H59N3O8S/c1-24-20-34-27(4)33(22-29(21-25(2)42)40(46,23-26(3)50-8)41(34,47)38(24)51-9)28(5)52-39(45)32-14-10-11-17-35(32)43-53(48,49)37-19-13-15-30-31(37)16-12-18-36(30)44(6)7/h10-19,24-29,33-34,38,43,46-47H,20-23,42H2,1-9H3/t24-,25+,26+,27?,28-,29?,33?,34?,38-,40-,41-/m0/s1. The highest BCUT2D eigenvalue weighted by molar-refractivity contribution is 7.93. The van der Waals surface area contributed by atoms with E-state index in [1.165, 1.54) is 0 Å². The molecular weight excluding hydrogens is 695 g/mol. The predicted octanol–water partition coefficient (Wildman–Crippen LogP) is 5.82. The second-order valence-corrected chi connectivity index (χ2v) is 17.6. The lowest BCUT2D eigenvalue weighted by Crippen LogP contribution is -2.67. The van der Waals surface area contributed by atoms with E-state index in [-0.39, 0.29) is 58.4 Å². The van der Waals surface area contributed by atoms with E-state index in [0.29, 0.717) is 24.6 Å². The molecule has 0 saturated heterocycles. The quantitative estimate of drug-likeness (QED) is 0.157. The van der Waals surface area contributed by atoms with Crippen LogP contribution in [0.15, 0.2) is 65.6 Å². The van der Waals surface area contributed by atoms with Gasteiger partial charge in [0.25, 0.3) is 10.0 Å². The van der Waals surface area contributed by atoms with Crippen LogP contribution in [0, 0.1) is 29.6 Å². The molecule has 2 fully saturated rings. The van der Waals surface area contributed by atoms with E-state index in [4.69, 9.17) is 19.9 Å². The minimum Gasteiger partial charge on any atom is -0.459 e. The van der Waals surface area contributed by atoms with Crippen molar-refractivity contribution in [2.24, 2.45) is 35.3 Å². The number of aliphatic hydroxyl groups is 2. The zero-order chi connectivity index (χ0) is 39.0. The van der Waals surface area contributed by atoms with Gasteiger partial charge >= 0.3 is 5.97 Å². The Balaban J connectivity index is 1.48. The zero-order valence-corrected chi connectivity index (χ0v) is 33.4. The average Bonchev–Trinajstić information content (AvgIpc) is 3.35. The van der Waals surface area contributed by atoms with Gasteiger partial charge in [0.1, 0.15) is 17.3 Å². The summed E-state index contributed by atoms with van der Waals surface area (Å²) in [4.78, 5) is 16.1. The maximum absolute atomic E-state index is 14.1. The molecule has 0 spiro atoms. The summed E-state index contributed by atoms with van der Waals surface area (Å²) in [6.07, 6.45) is -0.0227. The van der Waals surface area contributed by atoms with Crippen molar-refractivity contribution < 1.29 is 37.6 Å². The van der Waals surface area contributed by atoms with Crippen LogP contribution in [0.5, 0.6) is 0 Å². The van der Waals surface area contributed by atoms with Gasteiger partial charge in [0.15, 0.2) is 0 Å². The van der Waals surface area contributed by atoms with Crippen molar-refractivity contribution in [2.75, 3.05) is 37.9 Å². The molecule has 0 radical (unpaired) electrons. The predicted molar refractivity (Wildman–Crippen MR) is 208 cm³/mol. The molecule has 0 aromatic heterocycles. The number of ether oxygens (including phenoxy) is 3.